The van der Waals surface area contributed by atoms with Gasteiger partial charge in [-0.15, -0.1) is 5.10 Å². The van der Waals surface area contributed by atoms with Gasteiger partial charge in [-0.3, -0.25) is 0 Å². The number of nitrogens with zero attached hydrogens (tertiary/aromatic N) is 3. The van der Waals surface area contributed by atoms with Gasteiger partial charge in [-0.2, -0.15) is 10.1 Å². The molecule has 0 amide bonds. The van der Waals surface area contributed by atoms with E-state index in [1.165, 1.54) is 44.1 Å². The van der Waals surface area contributed by atoms with Crippen LogP contribution in [0.4, 0.5) is 11.8 Å². The van der Waals surface area contributed by atoms with Gasteiger partial charge >= 0.3 is 0 Å². The van der Waals surface area contributed by atoms with Gasteiger partial charge in [0, 0.05) is 12.6 Å². The van der Waals surface area contributed by atoms with E-state index in [9.17, 15) is 0 Å². The fourth-order valence-corrected chi connectivity index (χ4v) is 3.22. The molecule has 5 heteroatoms. The average molecular weight is 325 g/mol. The second-order valence-electron chi connectivity index (χ2n) is 6.51. The van der Waals surface area contributed by atoms with Gasteiger partial charge in [0.15, 0.2) is 5.82 Å². The molecule has 24 heavy (non-hydrogen) atoms. The summed E-state index contributed by atoms with van der Waals surface area (Å²) >= 11 is 0. The van der Waals surface area contributed by atoms with Crippen LogP contribution in [0.1, 0.15) is 50.5 Å². The second-order valence-corrected chi connectivity index (χ2v) is 6.51. The topological polar surface area (TPSA) is 62.7 Å². The molecule has 5 nitrogen and oxygen atoms in total. The molecule has 0 unspecified atom stereocenters. The zero-order valence-electron chi connectivity index (χ0n) is 14.2. The first-order valence-electron chi connectivity index (χ1n) is 9.14. The summed E-state index contributed by atoms with van der Waals surface area (Å²) in [5.41, 5.74) is 1.36. The third-order valence-corrected chi connectivity index (χ3v) is 4.53. The Morgan fingerprint density at radius 3 is 2.58 bits per heavy atom. The number of hydrogen-bond acceptors (Lipinski definition) is 5. The summed E-state index contributed by atoms with van der Waals surface area (Å²) in [4.78, 5) is 4.55. The van der Waals surface area contributed by atoms with Crippen LogP contribution in [-0.4, -0.2) is 27.8 Å². The van der Waals surface area contributed by atoms with Crippen LogP contribution in [0.25, 0.3) is 0 Å². The third-order valence-electron chi connectivity index (χ3n) is 4.53. The molecular formula is C19H27N5. The number of aromatic nitrogens is 3. The van der Waals surface area contributed by atoms with E-state index < -0.39 is 0 Å². The van der Waals surface area contributed by atoms with Gasteiger partial charge in [0.25, 0.3) is 0 Å². The van der Waals surface area contributed by atoms with Crippen LogP contribution in [0.15, 0.2) is 36.5 Å². The SMILES string of the molecule is c1ccc(CCCNc2nncc(NC3CCCCCC3)n2)cc1. The molecule has 1 saturated carbocycles. The van der Waals surface area contributed by atoms with Crippen molar-refractivity contribution >= 4 is 11.8 Å². The van der Waals surface area contributed by atoms with E-state index >= 15 is 0 Å². The molecule has 0 saturated heterocycles. The Balaban J connectivity index is 1.44. The fourth-order valence-electron chi connectivity index (χ4n) is 3.22. The normalized spacial score (nSPS) is 15.7. The molecule has 0 bridgehead atoms. The van der Waals surface area contributed by atoms with Gasteiger partial charge in [-0.25, -0.2) is 0 Å². The van der Waals surface area contributed by atoms with Crippen molar-refractivity contribution in [1.82, 2.24) is 15.2 Å². The Bertz CT molecular complexity index is 594. The second kappa shape index (κ2) is 9.21. The van der Waals surface area contributed by atoms with Crippen LogP contribution in [-0.2, 0) is 6.42 Å². The maximum Gasteiger partial charge on any atom is 0.244 e. The molecule has 1 aliphatic carbocycles. The maximum absolute atomic E-state index is 4.55. The predicted molar refractivity (Wildman–Crippen MR) is 98.2 cm³/mol. The summed E-state index contributed by atoms with van der Waals surface area (Å²) in [6, 6.07) is 11.1. The molecule has 1 aromatic carbocycles. The first-order valence-corrected chi connectivity index (χ1v) is 9.14. The van der Waals surface area contributed by atoms with Gasteiger partial charge < -0.3 is 10.6 Å². The number of benzene rings is 1. The number of nitrogens with one attached hydrogen (secondary N) is 2. The predicted octanol–water partition coefficient (Wildman–Crippen LogP) is 4.05. The number of aryl methyl sites for hydroxylation is 1. The number of anilines is 2. The van der Waals surface area contributed by atoms with Gasteiger partial charge in [-0.05, 0) is 31.2 Å². The molecule has 0 atom stereocenters. The monoisotopic (exact) mass is 325 g/mol. The van der Waals surface area contributed by atoms with E-state index in [0.29, 0.717) is 12.0 Å². The van der Waals surface area contributed by atoms with Crippen molar-refractivity contribution in [3.8, 4) is 0 Å². The molecule has 1 fully saturated rings. The molecule has 0 spiro atoms. The largest absolute Gasteiger partial charge is 0.366 e. The highest BCUT2D eigenvalue weighted by molar-refractivity contribution is 5.37. The molecule has 1 aliphatic rings. The van der Waals surface area contributed by atoms with E-state index in [1.807, 2.05) is 6.07 Å². The summed E-state index contributed by atoms with van der Waals surface area (Å²) < 4.78 is 0. The maximum atomic E-state index is 4.55. The highest BCUT2D eigenvalue weighted by Crippen LogP contribution is 2.20. The zero-order valence-corrected chi connectivity index (χ0v) is 14.2. The van der Waals surface area contributed by atoms with Gasteiger partial charge in [0.2, 0.25) is 5.95 Å². The summed E-state index contributed by atoms with van der Waals surface area (Å²) in [5.74, 6) is 1.45. The number of rotatable bonds is 7. The van der Waals surface area contributed by atoms with Gasteiger partial charge in [0.1, 0.15) is 0 Å². The molecule has 2 N–H and O–H groups in total. The summed E-state index contributed by atoms with van der Waals surface area (Å²) in [6.45, 7) is 0.851. The minimum absolute atomic E-state index is 0.523. The molecule has 3 rings (SSSR count). The van der Waals surface area contributed by atoms with E-state index in [0.717, 1.165) is 25.2 Å². The van der Waals surface area contributed by atoms with Crippen LogP contribution in [0.3, 0.4) is 0 Å². The van der Waals surface area contributed by atoms with Crippen molar-refractivity contribution < 1.29 is 0 Å². The van der Waals surface area contributed by atoms with Crippen LogP contribution in [0.2, 0.25) is 0 Å². The van der Waals surface area contributed by atoms with Crippen LogP contribution in [0.5, 0.6) is 0 Å². The van der Waals surface area contributed by atoms with Crippen molar-refractivity contribution in [2.45, 2.75) is 57.4 Å². The lowest BCUT2D eigenvalue weighted by Gasteiger charge is -2.16. The Morgan fingerprint density at radius 2 is 1.79 bits per heavy atom. The third kappa shape index (κ3) is 5.48. The molecule has 1 heterocycles. The lowest BCUT2D eigenvalue weighted by atomic mass is 10.1. The lowest BCUT2D eigenvalue weighted by molar-refractivity contribution is 0.616. The summed E-state index contributed by atoms with van der Waals surface area (Å²) in [6.07, 6.45) is 11.6. The zero-order chi connectivity index (χ0) is 16.5. The van der Waals surface area contributed by atoms with Gasteiger partial charge in [0.05, 0.1) is 6.20 Å². The van der Waals surface area contributed by atoms with Crippen molar-refractivity contribution in [2.24, 2.45) is 0 Å². The van der Waals surface area contributed by atoms with E-state index in [2.05, 4.69) is 50.1 Å². The molecule has 1 aromatic heterocycles. The molecule has 2 aromatic rings. The fraction of sp³-hybridized carbons (Fsp3) is 0.526. The molecule has 0 radical (unpaired) electrons. The van der Waals surface area contributed by atoms with Crippen molar-refractivity contribution in [3.63, 3.8) is 0 Å². The highest BCUT2D eigenvalue weighted by atomic mass is 15.3. The minimum Gasteiger partial charge on any atom is -0.366 e. The molecular weight excluding hydrogens is 298 g/mol. The average Bonchev–Trinajstić information content (AvgIpc) is 2.89. The van der Waals surface area contributed by atoms with Crippen LogP contribution < -0.4 is 10.6 Å². The Hall–Kier alpha value is -2.17. The summed E-state index contributed by atoms with van der Waals surface area (Å²) in [5, 5.41) is 15.0. The Kier molecular flexibility index (Phi) is 6.40. The van der Waals surface area contributed by atoms with Crippen LogP contribution in [0, 0.1) is 0 Å². The minimum atomic E-state index is 0.523. The molecule has 128 valence electrons. The smallest absolute Gasteiger partial charge is 0.244 e. The van der Waals surface area contributed by atoms with Crippen molar-refractivity contribution in [2.75, 3.05) is 17.2 Å². The number of hydrogen-bond donors (Lipinski definition) is 2. The van der Waals surface area contributed by atoms with Crippen molar-refractivity contribution in [1.29, 1.82) is 0 Å². The molecule has 0 aliphatic heterocycles. The Morgan fingerprint density at radius 1 is 1.00 bits per heavy atom. The standard InChI is InChI=1S/C19H27N5/c1-2-7-13-17(12-6-1)22-18-15-21-24-19(23-18)20-14-8-11-16-9-4-3-5-10-16/h3-5,9-10,15,17H,1-2,6-8,11-14H2,(H2,20,22,23,24). The first-order chi connectivity index (χ1) is 11.9. The highest BCUT2D eigenvalue weighted by Gasteiger charge is 2.12. The first kappa shape index (κ1) is 16.7. The lowest BCUT2D eigenvalue weighted by Crippen LogP contribution is -2.20. The van der Waals surface area contributed by atoms with Crippen LogP contribution >= 0.6 is 0 Å². The summed E-state index contributed by atoms with van der Waals surface area (Å²) in [7, 11) is 0. The quantitative estimate of drug-likeness (QED) is 0.594. The van der Waals surface area contributed by atoms with E-state index in [1.54, 1.807) is 6.20 Å². The van der Waals surface area contributed by atoms with E-state index in [4.69, 9.17) is 0 Å². The van der Waals surface area contributed by atoms with Gasteiger partial charge in [-0.1, -0.05) is 56.0 Å². The van der Waals surface area contributed by atoms with Crippen molar-refractivity contribution in [3.05, 3.63) is 42.1 Å². The Labute approximate surface area is 144 Å². The van der Waals surface area contributed by atoms with E-state index in [-0.39, 0.29) is 0 Å².